The number of hydrogen-bond donors (Lipinski definition) is 2. The normalized spacial score (nSPS) is 11.0. The Bertz CT molecular complexity index is 971. The number of amides is 1. The van der Waals surface area contributed by atoms with E-state index in [2.05, 4.69) is 0 Å². The smallest absolute Gasteiger partial charge is 0.253 e. The van der Waals surface area contributed by atoms with Crippen LogP contribution in [0.2, 0.25) is 0 Å². The molecule has 0 atom stereocenters. The quantitative estimate of drug-likeness (QED) is 0.776. The van der Waals surface area contributed by atoms with Crippen LogP contribution >= 0.6 is 0 Å². The lowest BCUT2D eigenvalue weighted by atomic mass is 9.97. The summed E-state index contributed by atoms with van der Waals surface area (Å²) in [5, 5.41) is 0. The first-order valence-electron chi connectivity index (χ1n) is 7.71. The Hall–Kier alpha value is -2.95. The minimum atomic E-state index is -0.528. The van der Waals surface area contributed by atoms with Gasteiger partial charge in [-0.3, -0.25) is 4.79 Å². The Balaban J connectivity index is 2.49. The maximum atomic E-state index is 12.0. The summed E-state index contributed by atoms with van der Waals surface area (Å²) in [5.41, 5.74) is 18.2. The van der Waals surface area contributed by atoms with Gasteiger partial charge in [0.05, 0.1) is 29.6 Å². The summed E-state index contributed by atoms with van der Waals surface area (Å²) in [5.74, 6) is 0.248. The van der Waals surface area contributed by atoms with Gasteiger partial charge < -0.3 is 20.6 Å². The lowest BCUT2D eigenvalue weighted by Crippen LogP contribution is -2.12. The maximum Gasteiger partial charge on any atom is 0.253 e. The van der Waals surface area contributed by atoms with E-state index >= 15 is 0 Å². The number of rotatable bonds is 3. The molecule has 0 aliphatic carbocycles. The summed E-state index contributed by atoms with van der Waals surface area (Å²) in [6, 6.07) is 7.81. The van der Waals surface area contributed by atoms with Gasteiger partial charge in [-0.15, -0.1) is 0 Å². The highest BCUT2D eigenvalue weighted by Crippen LogP contribution is 2.40. The fourth-order valence-electron chi connectivity index (χ4n) is 3.31. The van der Waals surface area contributed by atoms with Crippen LogP contribution in [0.15, 0.2) is 30.5 Å². The second kappa shape index (κ2) is 5.60. The first-order chi connectivity index (χ1) is 11.4. The molecule has 3 rings (SSSR count). The number of pyridine rings is 1. The monoisotopic (exact) mass is 323 g/mol. The van der Waals surface area contributed by atoms with Crippen molar-refractivity contribution in [3.8, 4) is 17.0 Å². The fraction of sp³-hybridized carbons (Fsp3) is 0.211. The average Bonchev–Trinajstić information content (AvgIpc) is 2.79. The van der Waals surface area contributed by atoms with Crippen LogP contribution < -0.4 is 16.2 Å². The molecule has 0 radical (unpaired) electrons. The predicted molar refractivity (Wildman–Crippen MR) is 96.5 cm³/mol. The van der Waals surface area contributed by atoms with Crippen LogP contribution in [0.3, 0.4) is 0 Å². The average molecular weight is 323 g/mol. The summed E-state index contributed by atoms with van der Waals surface area (Å²) < 4.78 is 7.37. The number of aryl methyl sites for hydroxylation is 2. The van der Waals surface area contributed by atoms with Crippen LogP contribution in [0.4, 0.5) is 5.69 Å². The molecular formula is C19H21N3O2. The van der Waals surface area contributed by atoms with Crippen molar-refractivity contribution in [3.63, 3.8) is 0 Å². The van der Waals surface area contributed by atoms with Gasteiger partial charge in [0, 0.05) is 17.3 Å². The molecule has 0 unspecified atom stereocenters. The van der Waals surface area contributed by atoms with E-state index in [4.69, 9.17) is 16.2 Å². The Kier molecular flexibility index (Phi) is 3.72. The Morgan fingerprint density at radius 3 is 2.50 bits per heavy atom. The van der Waals surface area contributed by atoms with Crippen molar-refractivity contribution >= 4 is 17.1 Å². The number of carbonyl (C=O) groups is 1. The highest BCUT2D eigenvalue weighted by atomic mass is 16.5. The second-order valence-corrected chi connectivity index (χ2v) is 6.05. The number of nitrogen functional groups attached to an aromatic ring is 1. The summed E-state index contributed by atoms with van der Waals surface area (Å²) in [6.07, 6.45) is 1.92. The summed E-state index contributed by atoms with van der Waals surface area (Å²) in [7, 11) is 1.64. The zero-order chi connectivity index (χ0) is 17.6. The topological polar surface area (TPSA) is 82.8 Å². The van der Waals surface area contributed by atoms with Crippen LogP contribution in [-0.4, -0.2) is 17.4 Å². The summed E-state index contributed by atoms with van der Waals surface area (Å²) in [6.45, 7) is 5.96. The van der Waals surface area contributed by atoms with E-state index in [0.29, 0.717) is 11.3 Å². The lowest BCUT2D eigenvalue weighted by Gasteiger charge is -2.15. The molecule has 0 saturated carbocycles. The molecule has 0 bridgehead atoms. The molecule has 0 fully saturated rings. The van der Waals surface area contributed by atoms with E-state index in [1.165, 1.54) is 0 Å². The van der Waals surface area contributed by atoms with E-state index in [1.807, 2.05) is 55.6 Å². The molecule has 3 aromatic rings. The van der Waals surface area contributed by atoms with Gasteiger partial charge in [0.15, 0.2) is 0 Å². The SMILES string of the molecule is COc1ccc(C)c(-c2c(N)c(C(N)=O)c3cc(C)ccn23)c1C. The Morgan fingerprint density at radius 1 is 1.17 bits per heavy atom. The molecule has 0 aliphatic heterocycles. The van der Waals surface area contributed by atoms with Gasteiger partial charge in [0.25, 0.3) is 5.91 Å². The number of aromatic nitrogens is 1. The van der Waals surface area contributed by atoms with Gasteiger partial charge >= 0.3 is 0 Å². The van der Waals surface area contributed by atoms with E-state index < -0.39 is 5.91 Å². The maximum absolute atomic E-state index is 12.0. The molecule has 0 saturated heterocycles. The third-order valence-electron chi connectivity index (χ3n) is 4.46. The number of benzene rings is 1. The number of hydrogen-bond acceptors (Lipinski definition) is 3. The molecule has 5 nitrogen and oxygen atoms in total. The molecule has 2 heterocycles. The number of nitrogens with two attached hydrogens (primary N) is 2. The fourth-order valence-corrected chi connectivity index (χ4v) is 3.31. The highest BCUT2D eigenvalue weighted by Gasteiger charge is 2.23. The van der Waals surface area contributed by atoms with Crippen LogP contribution in [0.5, 0.6) is 5.75 Å². The standard InChI is InChI=1S/C19H21N3O2/c1-10-7-8-22-13(9-10)16(19(21)23)17(20)18(22)15-11(2)5-6-14(24-4)12(15)3/h5-9H,20H2,1-4H3,(H2,21,23). The molecule has 0 spiro atoms. The predicted octanol–water partition coefficient (Wildman–Crippen LogP) is 3.22. The van der Waals surface area contributed by atoms with Crippen LogP contribution in [0.1, 0.15) is 27.0 Å². The summed E-state index contributed by atoms with van der Waals surface area (Å²) in [4.78, 5) is 12.0. The third-order valence-corrected chi connectivity index (χ3v) is 4.46. The van der Waals surface area contributed by atoms with Crippen molar-refractivity contribution in [2.75, 3.05) is 12.8 Å². The van der Waals surface area contributed by atoms with Gasteiger partial charge in [-0.25, -0.2) is 0 Å². The van der Waals surface area contributed by atoms with Crippen LogP contribution in [0, 0.1) is 20.8 Å². The molecule has 124 valence electrons. The number of primary amides is 1. The molecule has 5 heteroatoms. The van der Waals surface area contributed by atoms with Gasteiger partial charge in [-0.2, -0.15) is 0 Å². The van der Waals surface area contributed by atoms with Crippen molar-refractivity contribution in [1.29, 1.82) is 0 Å². The van der Waals surface area contributed by atoms with Gasteiger partial charge in [0.2, 0.25) is 0 Å². The summed E-state index contributed by atoms with van der Waals surface area (Å²) >= 11 is 0. The molecule has 0 aliphatic rings. The van der Waals surface area contributed by atoms with Crippen LogP contribution in [-0.2, 0) is 0 Å². The number of fused-ring (bicyclic) bond motifs is 1. The van der Waals surface area contributed by atoms with E-state index in [0.717, 1.165) is 39.2 Å². The van der Waals surface area contributed by atoms with Crippen molar-refractivity contribution in [2.45, 2.75) is 20.8 Å². The molecule has 24 heavy (non-hydrogen) atoms. The van der Waals surface area contributed by atoms with Gasteiger partial charge in [-0.05, 0) is 50.1 Å². The van der Waals surface area contributed by atoms with Crippen molar-refractivity contribution in [1.82, 2.24) is 4.40 Å². The van der Waals surface area contributed by atoms with E-state index in [1.54, 1.807) is 7.11 Å². The minimum Gasteiger partial charge on any atom is -0.496 e. The van der Waals surface area contributed by atoms with Crippen molar-refractivity contribution in [2.24, 2.45) is 5.73 Å². The number of methoxy groups -OCH3 is 1. The van der Waals surface area contributed by atoms with E-state index in [9.17, 15) is 4.79 Å². The molecule has 1 aromatic carbocycles. The van der Waals surface area contributed by atoms with Crippen molar-refractivity contribution < 1.29 is 9.53 Å². The number of anilines is 1. The van der Waals surface area contributed by atoms with Crippen molar-refractivity contribution in [3.05, 3.63) is 52.7 Å². The lowest BCUT2D eigenvalue weighted by molar-refractivity contribution is 0.100. The largest absolute Gasteiger partial charge is 0.496 e. The zero-order valence-corrected chi connectivity index (χ0v) is 14.3. The zero-order valence-electron chi connectivity index (χ0n) is 14.3. The van der Waals surface area contributed by atoms with Gasteiger partial charge in [0.1, 0.15) is 5.75 Å². The number of carbonyl (C=O) groups excluding carboxylic acids is 1. The molecular weight excluding hydrogens is 302 g/mol. The Labute approximate surface area is 140 Å². The first kappa shape index (κ1) is 15.9. The number of nitrogens with zero attached hydrogens (tertiary/aromatic N) is 1. The molecule has 2 aromatic heterocycles. The minimum absolute atomic E-state index is 0.357. The first-order valence-corrected chi connectivity index (χ1v) is 7.71. The second-order valence-electron chi connectivity index (χ2n) is 6.05. The van der Waals surface area contributed by atoms with E-state index in [-0.39, 0.29) is 0 Å². The molecule has 4 N–H and O–H groups in total. The van der Waals surface area contributed by atoms with Gasteiger partial charge in [-0.1, -0.05) is 6.07 Å². The third kappa shape index (κ3) is 2.21. The number of ether oxygens (including phenoxy) is 1. The highest BCUT2D eigenvalue weighted by molar-refractivity contribution is 6.09. The molecule has 1 amide bonds. The Morgan fingerprint density at radius 2 is 1.88 bits per heavy atom. The van der Waals surface area contributed by atoms with Crippen LogP contribution in [0.25, 0.3) is 16.8 Å².